The molecule has 0 amide bonds. The second-order valence-corrected chi connectivity index (χ2v) is 19.0. The molecule has 0 aliphatic carbocycles. The van der Waals surface area contributed by atoms with Crippen molar-refractivity contribution in [1.82, 2.24) is 0 Å². The lowest BCUT2D eigenvalue weighted by Crippen LogP contribution is -2.23. The zero-order chi connectivity index (χ0) is 43.4. The van der Waals surface area contributed by atoms with Gasteiger partial charge in [-0.1, -0.05) is 297 Å². The van der Waals surface area contributed by atoms with Crippen LogP contribution in [-0.4, -0.2) is 46.8 Å². The van der Waals surface area contributed by atoms with Crippen molar-refractivity contribution in [2.24, 2.45) is 0 Å². The van der Waals surface area contributed by atoms with E-state index in [4.69, 9.17) is 20.1 Å². The van der Waals surface area contributed by atoms with Crippen molar-refractivity contribution in [3.05, 3.63) is 0 Å². The third kappa shape index (κ3) is 53.9. The molecule has 0 bridgehead atoms. The highest BCUT2D eigenvalue weighted by atomic mass is 16.5. The Bertz CT molecular complexity index is 645. The lowest BCUT2D eigenvalue weighted by atomic mass is 9.99. The van der Waals surface area contributed by atoms with Crippen LogP contribution in [0.4, 0.5) is 0 Å². The molecule has 0 aromatic carbocycles. The summed E-state index contributed by atoms with van der Waals surface area (Å²) in [5.74, 6) is 0. The van der Waals surface area contributed by atoms with Gasteiger partial charge >= 0.3 is 0 Å². The van der Waals surface area contributed by atoms with Crippen LogP contribution in [0.5, 0.6) is 0 Å². The second-order valence-electron chi connectivity index (χ2n) is 19.0. The van der Waals surface area contributed by atoms with E-state index < -0.39 is 6.10 Å². The smallest absolute Gasteiger partial charge is 0.100 e. The Morgan fingerprint density at radius 3 is 0.542 bits per heavy atom. The first-order valence-electron chi connectivity index (χ1n) is 27.6. The number of aliphatic hydroxyl groups excluding tert-OH is 3. The lowest BCUT2D eigenvalue weighted by Gasteiger charge is -2.26. The maximum atomic E-state index is 8.17. The van der Waals surface area contributed by atoms with Gasteiger partial charge in [0.1, 0.15) is 6.10 Å². The highest BCUT2D eigenvalue weighted by Gasteiger charge is 2.17. The number of hydrogen-bond acceptors (Lipinski definition) is 4. The largest absolute Gasteiger partial charge is 0.394 e. The van der Waals surface area contributed by atoms with Crippen molar-refractivity contribution in [3.63, 3.8) is 0 Å². The zero-order valence-electron chi connectivity index (χ0n) is 41.4. The summed E-state index contributed by atoms with van der Waals surface area (Å²) < 4.78 is 7.18. The van der Waals surface area contributed by atoms with Crippen molar-refractivity contribution in [2.75, 3.05) is 13.2 Å². The standard InChI is InChI=1S/C52H106O.C3H8O3/c1-5-9-13-17-21-25-27-29-31-33-37-41-45-49-51(47-43-39-35-23-19-15-11-7-3)53-52(48-44-40-36-24-20-16-12-8-4)50-46-42-38-34-32-30-28-26-22-18-14-10-6-2;4-1-3(6)2-5/h51-52H,5-50H2,1-4H3;3-6H,1-2H2. The van der Waals surface area contributed by atoms with Crippen LogP contribution in [0.15, 0.2) is 0 Å². The van der Waals surface area contributed by atoms with E-state index in [2.05, 4.69) is 27.7 Å². The molecule has 0 aliphatic heterocycles. The monoisotopic (exact) mass is 839 g/mol. The average Bonchev–Trinajstić information content (AvgIpc) is 3.25. The van der Waals surface area contributed by atoms with E-state index in [-0.39, 0.29) is 13.2 Å². The van der Waals surface area contributed by atoms with E-state index in [9.17, 15) is 0 Å². The van der Waals surface area contributed by atoms with Gasteiger partial charge in [-0.3, -0.25) is 0 Å². The van der Waals surface area contributed by atoms with Crippen LogP contribution in [0, 0.1) is 0 Å². The van der Waals surface area contributed by atoms with Crippen molar-refractivity contribution in [2.45, 2.75) is 341 Å². The first-order chi connectivity index (χ1) is 29.1. The van der Waals surface area contributed by atoms with E-state index in [0.717, 1.165) is 0 Å². The van der Waals surface area contributed by atoms with E-state index in [1.807, 2.05) is 0 Å². The number of unbranched alkanes of at least 4 members (excludes halogenated alkanes) is 38. The van der Waals surface area contributed by atoms with Gasteiger partial charge in [-0.05, 0) is 25.7 Å². The number of aliphatic hydroxyl groups is 3. The molecular weight excluding hydrogens is 725 g/mol. The molecule has 0 aliphatic rings. The molecule has 0 rings (SSSR count). The van der Waals surface area contributed by atoms with Crippen LogP contribution < -0.4 is 0 Å². The quantitative estimate of drug-likeness (QED) is 0.0534. The molecule has 2 atom stereocenters. The molecular formula is C55H114O4. The summed E-state index contributed by atoms with van der Waals surface area (Å²) in [6.45, 7) is 8.58. The molecule has 0 spiro atoms. The fourth-order valence-electron chi connectivity index (χ4n) is 8.68. The predicted molar refractivity (Wildman–Crippen MR) is 264 cm³/mol. The van der Waals surface area contributed by atoms with Crippen LogP contribution in [0.1, 0.15) is 323 Å². The van der Waals surface area contributed by atoms with Crippen LogP contribution >= 0.6 is 0 Å². The SMILES string of the molecule is CCCCCCCCCCCCCCCC(CCCCCCCCCC)OC(CCCCCCCCCC)CCCCCCCCCCCCCCC.OCC(O)CO. The molecule has 0 aromatic rings. The molecule has 0 aromatic heterocycles. The summed E-state index contributed by atoms with van der Waals surface area (Å²) in [6.07, 6.45) is 65.7. The van der Waals surface area contributed by atoms with Crippen molar-refractivity contribution >= 4 is 0 Å². The molecule has 3 N–H and O–H groups in total. The minimum absolute atomic E-state index is 0.365. The average molecular weight is 840 g/mol. The van der Waals surface area contributed by atoms with Crippen molar-refractivity contribution < 1.29 is 20.1 Å². The van der Waals surface area contributed by atoms with Gasteiger partial charge < -0.3 is 20.1 Å². The van der Waals surface area contributed by atoms with Crippen LogP contribution in [-0.2, 0) is 4.74 Å². The molecule has 0 fully saturated rings. The van der Waals surface area contributed by atoms with Crippen LogP contribution in [0.3, 0.4) is 0 Å². The molecule has 59 heavy (non-hydrogen) atoms. The molecule has 0 heterocycles. The first kappa shape index (κ1) is 60.9. The van der Waals surface area contributed by atoms with Gasteiger partial charge in [0.2, 0.25) is 0 Å². The minimum atomic E-state index is -0.954. The van der Waals surface area contributed by atoms with Gasteiger partial charge in [-0.25, -0.2) is 0 Å². The second kappa shape index (κ2) is 55.9. The summed E-state index contributed by atoms with van der Waals surface area (Å²) in [5.41, 5.74) is 0. The Kier molecular flexibility index (Phi) is 57.7. The number of rotatable bonds is 50. The summed E-state index contributed by atoms with van der Waals surface area (Å²) in [4.78, 5) is 0. The topological polar surface area (TPSA) is 69.9 Å². The van der Waals surface area contributed by atoms with Gasteiger partial charge in [0.25, 0.3) is 0 Å². The summed E-state index contributed by atoms with van der Waals surface area (Å²) in [7, 11) is 0. The first-order valence-corrected chi connectivity index (χ1v) is 27.6. The molecule has 0 saturated heterocycles. The van der Waals surface area contributed by atoms with E-state index >= 15 is 0 Å². The third-order valence-corrected chi connectivity index (χ3v) is 12.8. The summed E-state index contributed by atoms with van der Waals surface area (Å²) in [6, 6.07) is 0. The Balaban J connectivity index is 0. The van der Waals surface area contributed by atoms with Crippen LogP contribution in [0.25, 0.3) is 0 Å². The van der Waals surface area contributed by atoms with Gasteiger partial charge in [-0.2, -0.15) is 0 Å². The van der Waals surface area contributed by atoms with Crippen molar-refractivity contribution in [3.8, 4) is 0 Å². The summed E-state index contributed by atoms with van der Waals surface area (Å²) in [5, 5.41) is 24.0. The fraction of sp³-hybridized carbons (Fsp3) is 1.00. The predicted octanol–water partition coefficient (Wildman–Crippen LogP) is 18.1. The van der Waals surface area contributed by atoms with Crippen LogP contribution in [0.2, 0.25) is 0 Å². The molecule has 4 heteroatoms. The zero-order valence-corrected chi connectivity index (χ0v) is 41.4. The summed E-state index contributed by atoms with van der Waals surface area (Å²) >= 11 is 0. The third-order valence-electron chi connectivity index (χ3n) is 12.8. The minimum Gasteiger partial charge on any atom is -0.394 e. The van der Waals surface area contributed by atoms with Gasteiger partial charge in [-0.15, -0.1) is 0 Å². The molecule has 4 nitrogen and oxygen atoms in total. The van der Waals surface area contributed by atoms with Crippen molar-refractivity contribution in [1.29, 1.82) is 0 Å². The van der Waals surface area contributed by atoms with Gasteiger partial charge in [0, 0.05) is 0 Å². The molecule has 2 unspecified atom stereocenters. The van der Waals surface area contributed by atoms with E-state index in [0.29, 0.717) is 12.2 Å². The number of ether oxygens (including phenoxy) is 1. The normalized spacial score (nSPS) is 12.6. The highest BCUT2D eigenvalue weighted by molar-refractivity contribution is 4.67. The molecule has 0 radical (unpaired) electrons. The lowest BCUT2D eigenvalue weighted by molar-refractivity contribution is -0.0324. The number of hydrogen-bond donors (Lipinski definition) is 3. The molecule has 358 valence electrons. The maximum absolute atomic E-state index is 8.17. The highest BCUT2D eigenvalue weighted by Crippen LogP contribution is 2.24. The molecule has 0 saturated carbocycles. The van der Waals surface area contributed by atoms with E-state index in [1.54, 1.807) is 0 Å². The fourth-order valence-corrected chi connectivity index (χ4v) is 8.68. The maximum Gasteiger partial charge on any atom is 0.100 e. The van der Waals surface area contributed by atoms with E-state index in [1.165, 1.54) is 295 Å². The van der Waals surface area contributed by atoms with Gasteiger partial charge in [0.05, 0.1) is 25.4 Å². The Hall–Kier alpha value is -0.160. The Morgan fingerprint density at radius 2 is 0.407 bits per heavy atom. The Labute approximate surface area is 373 Å². The van der Waals surface area contributed by atoms with Gasteiger partial charge in [0.15, 0.2) is 0 Å². The Morgan fingerprint density at radius 1 is 0.254 bits per heavy atom.